The number of hydrogen-bond acceptors (Lipinski definition) is 3. The molecule has 0 saturated carbocycles. The first-order valence-corrected chi connectivity index (χ1v) is 8.41. The van der Waals surface area contributed by atoms with E-state index in [4.69, 9.17) is 16.3 Å². The average Bonchev–Trinajstić information content (AvgIpc) is 2.86. The summed E-state index contributed by atoms with van der Waals surface area (Å²) in [6, 6.07) is 8.34. The highest BCUT2D eigenvalue weighted by Gasteiger charge is 2.23. The van der Waals surface area contributed by atoms with E-state index in [1.54, 1.807) is 12.1 Å². The molecule has 0 amide bonds. The first kappa shape index (κ1) is 14.4. The minimum Gasteiger partial charge on any atom is -0.493 e. The van der Waals surface area contributed by atoms with Gasteiger partial charge in [0.05, 0.1) is 17.3 Å². The molecule has 0 N–H and O–H groups in total. The largest absolute Gasteiger partial charge is 0.493 e. The molecule has 1 aliphatic rings. The van der Waals surface area contributed by atoms with Crippen LogP contribution in [0.1, 0.15) is 11.1 Å². The maximum atomic E-state index is 13.2. The minimum absolute atomic E-state index is 0.0470. The van der Waals surface area contributed by atoms with Crippen molar-refractivity contribution in [1.29, 1.82) is 0 Å². The fraction of sp³-hybridized carbons (Fsp3) is 0.200. The summed E-state index contributed by atoms with van der Waals surface area (Å²) >= 11 is 6.02. The SMILES string of the molecule is O=S(=O)(Cc1cc(Cl)cc2c1OCC2)c1cccc(F)c1. The van der Waals surface area contributed by atoms with Crippen molar-refractivity contribution in [3.05, 3.63) is 58.4 Å². The van der Waals surface area contributed by atoms with Crippen molar-refractivity contribution in [2.24, 2.45) is 0 Å². The highest BCUT2D eigenvalue weighted by atomic mass is 35.5. The first-order valence-electron chi connectivity index (χ1n) is 6.38. The Bertz CT molecular complexity index is 803. The van der Waals surface area contributed by atoms with E-state index in [0.717, 1.165) is 11.6 Å². The fourth-order valence-electron chi connectivity index (χ4n) is 2.40. The summed E-state index contributed by atoms with van der Waals surface area (Å²) in [5.41, 5.74) is 1.42. The molecule has 6 heteroatoms. The van der Waals surface area contributed by atoms with Gasteiger partial charge < -0.3 is 4.74 Å². The third kappa shape index (κ3) is 2.89. The molecule has 2 aromatic rings. The smallest absolute Gasteiger partial charge is 0.182 e. The molecule has 0 radical (unpaired) electrons. The summed E-state index contributed by atoms with van der Waals surface area (Å²) < 4.78 is 43.5. The lowest BCUT2D eigenvalue weighted by atomic mass is 10.1. The number of fused-ring (bicyclic) bond motifs is 1. The molecule has 110 valence electrons. The van der Waals surface area contributed by atoms with Crippen LogP contribution < -0.4 is 4.74 Å². The third-order valence-electron chi connectivity index (χ3n) is 3.33. The van der Waals surface area contributed by atoms with Gasteiger partial charge in [-0.2, -0.15) is 0 Å². The summed E-state index contributed by atoms with van der Waals surface area (Å²) in [5, 5.41) is 0.476. The van der Waals surface area contributed by atoms with Crippen LogP contribution in [0.3, 0.4) is 0 Å². The Labute approximate surface area is 127 Å². The number of hydrogen-bond donors (Lipinski definition) is 0. The molecule has 0 bridgehead atoms. The number of rotatable bonds is 3. The Morgan fingerprint density at radius 3 is 2.81 bits per heavy atom. The minimum atomic E-state index is -3.65. The van der Waals surface area contributed by atoms with Gasteiger partial charge in [-0.1, -0.05) is 17.7 Å². The van der Waals surface area contributed by atoms with E-state index in [9.17, 15) is 12.8 Å². The maximum Gasteiger partial charge on any atom is 0.182 e. The van der Waals surface area contributed by atoms with E-state index < -0.39 is 15.7 Å². The second-order valence-corrected chi connectivity index (χ2v) is 7.29. The van der Waals surface area contributed by atoms with E-state index in [1.165, 1.54) is 18.2 Å². The van der Waals surface area contributed by atoms with Crippen molar-refractivity contribution in [2.45, 2.75) is 17.1 Å². The zero-order valence-electron chi connectivity index (χ0n) is 11.0. The highest BCUT2D eigenvalue weighted by Crippen LogP contribution is 2.34. The molecule has 21 heavy (non-hydrogen) atoms. The normalized spacial score (nSPS) is 13.8. The Balaban J connectivity index is 2.01. The van der Waals surface area contributed by atoms with Gasteiger partial charge in [0.25, 0.3) is 0 Å². The molecule has 0 fully saturated rings. The molecule has 0 spiro atoms. The summed E-state index contributed by atoms with van der Waals surface area (Å²) in [5.74, 6) is -0.262. The van der Waals surface area contributed by atoms with Crippen molar-refractivity contribution in [3.8, 4) is 5.75 Å². The number of ether oxygens (including phenoxy) is 1. The molecule has 1 heterocycles. The highest BCUT2D eigenvalue weighted by molar-refractivity contribution is 7.90. The third-order valence-corrected chi connectivity index (χ3v) is 5.21. The van der Waals surface area contributed by atoms with Gasteiger partial charge in [-0.3, -0.25) is 0 Å². The van der Waals surface area contributed by atoms with Crippen LogP contribution in [0.15, 0.2) is 41.3 Å². The van der Waals surface area contributed by atoms with Crippen LogP contribution in [0.4, 0.5) is 4.39 Å². The van der Waals surface area contributed by atoms with Crippen LogP contribution in [0.25, 0.3) is 0 Å². The molecule has 3 nitrogen and oxygen atoms in total. The predicted molar refractivity (Wildman–Crippen MR) is 77.9 cm³/mol. The topological polar surface area (TPSA) is 43.4 Å². The van der Waals surface area contributed by atoms with Crippen molar-refractivity contribution < 1.29 is 17.5 Å². The van der Waals surface area contributed by atoms with Crippen LogP contribution in [-0.2, 0) is 22.0 Å². The lowest BCUT2D eigenvalue weighted by Gasteiger charge is -2.10. The molecule has 2 aromatic carbocycles. The van der Waals surface area contributed by atoms with E-state index in [1.807, 2.05) is 0 Å². The van der Waals surface area contributed by atoms with E-state index in [-0.39, 0.29) is 10.6 Å². The predicted octanol–water partition coefficient (Wildman–Crippen LogP) is 3.39. The van der Waals surface area contributed by atoms with Crippen molar-refractivity contribution >= 4 is 21.4 Å². The molecule has 0 unspecified atom stereocenters. The standard InChI is InChI=1S/C15H12ClFO3S/c16-12-6-10-4-5-20-15(10)11(7-12)9-21(18,19)14-3-1-2-13(17)8-14/h1-3,6-8H,4-5,9H2. The van der Waals surface area contributed by atoms with Gasteiger partial charge in [0, 0.05) is 17.0 Å². The maximum absolute atomic E-state index is 13.2. The van der Waals surface area contributed by atoms with Crippen molar-refractivity contribution in [3.63, 3.8) is 0 Å². The Hall–Kier alpha value is -1.59. The van der Waals surface area contributed by atoms with E-state index in [0.29, 0.717) is 29.4 Å². The molecule has 0 saturated heterocycles. The van der Waals surface area contributed by atoms with Crippen LogP contribution in [0.5, 0.6) is 5.75 Å². The summed E-state index contributed by atoms with van der Waals surface area (Å²) in [6.45, 7) is 0.517. The van der Waals surface area contributed by atoms with Gasteiger partial charge in [-0.05, 0) is 35.9 Å². The fourth-order valence-corrected chi connectivity index (χ4v) is 4.03. The first-order chi connectivity index (χ1) is 9.95. The van der Waals surface area contributed by atoms with Crippen LogP contribution in [-0.4, -0.2) is 15.0 Å². The van der Waals surface area contributed by atoms with Gasteiger partial charge in [0.15, 0.2) is 9.84 Å². The molecule has 0 atom stereocenters. The van der Waals surface area contributed by atoms with Crippen LogP contribution in [0.2, 0.25) is 5.02 Å². The summed E-state index contributed by atoms with van der Waals surface area (Å²) in [7, 11) is -3.65. The van der Waals surface area contributed by atoms with Gasteiger partial charge >= 0.3 is 0 Å². The Kier molecular flexibility index (Phi) is 3.63. The van der Waals surface area contributed by atoms with E-state index in [2.05, 4.69) is 0 Å². The van der Waals surface area contributed by atoms with Gasteiger partial charge in [0.2, 0.25) is 0 Å². The zero-order valence-corrected chi connectivity index (χ0v) is 12.5. The summed E-state index contributed by atoms with van der Waals surface area (Å²) in [4.78, 5) is -0.0470. The quantitative estimate of drug-likeness (QED) is 0.868. The zero-order chi connectivity index (χ0) is 15.0. The number of sulfone groups is 1. The second kappa shape index (κ2) is 5.31. The van der Waals surface area contributed by atoms with E-state index >= 15 is 0 Å². The van der Waals surface area contributed by atoms with Gasteiger partial charge in [0.1, 0.15) is 11.6 Å². The van der Waals surface area contributed by atoms with Gasteiger partial charge in [-0.15, -0.1) is 0 Å². The molecular weight excluding hydrogens is 315 g/mol. The monoisotopic (exact) mass is 326 g/mol. The Morgan fingerprint density at radius 1 is 1.24 bits per heavy atom. The average molecular weight is 327 g/mol. The van der Waals surface area contributed by atoms with Gasteiger partial charge in [-0.25, -0.2) is 12.8 Å². The molecular formula is C15H12ClFO3S. The van der Waals surface area contributed by atoms with Crippen molar-refractivity contribution in [1.82, 2.24) is 0 Å². The lowest BCUT2D eigenvalue weighted by molar-refractivity contribution is 0.354. The van der Waals surface area contributed by atoms with Crippen molar-refractivity contribution in [2.75, 3.05) is 6.61 Å². The number of benzene rings is 2. The van der Waals surface area contributed by atoms with Crippen LogP contribution >= 0.6 is 11.6 Å². The Morgan fingerprint density at radius 2 is 2.05 bits per heavy atom. The molecule has 0 aromatic heterocycles. The lowest BCUT2D eigenvalue weighted by Crippen LogP contribution is -2.06. The molecule has 1 aliphatic heterocycles. The second-order valence-electron chi connectivity index (χ2n) is 4.87. The number of halogens is 2. The summed E-state index contributed by atoms with van der Waals surface area (Å²) in [6.07, 6.45) is 0.711. The molecule has 0 aliphatic carbocycles. The van der Waals surface area contributed by atoms with Crippen LogP contribution in [0, 0.1) is 5.82 Å². The molecule has 3 rings (SSSR count).